The number of allylic oxidation sites excluding steroid dienone is 1. The fourth-order valence-corrected chi connectivity index (χ4v) is 5.22. The molecule has 0 bridgehead atoms. The van der Waals surface area contributed by atoms with Crippen molar-refractivity contribution < 1.29 is 19.1 Å². The molecule has 0 saturated carbocycles. The van der Waals surface area contributed by atoms with Gasteiger partial charge in [-0.25, -0.2) is 4.79 Å². The highest BCUT2D eigenvalue weighted by Gasteiger charge is 2.41. The van der Waals surface area contributed by atoms with E-state index in [4.69, 9.17) is 9.47 Å². The molecule has 1 amide bonds. The molecule has 0 saturated heterocycles. The molecule has 1 aliphatic heterocycles. The smallest absolute Gasteiger partial charge is 0.410 e. The molecule has 0 radical (unpaired) electrons. The monoisotopic (exact) mass is 515 g/mol. The van der Waals surface area contributed by atoms with Gasteiger partial charge < -0.3 is 19.4 Å². The van der Waals surface area contributed by atoms with Gasteiger partial charge in [-0.2, -0.15) is 5.26 Å². The lowest BCUT2D eigenvalue weighted by Gasteiger charge is -2.34. The van der Waals surface area contributed by atoms with Crippen LogP contribution in [0.4, 0.5) is 4.79 Å². The molecule has 4 rings (SSSR count). The van der Waals surface area contributed by atoms with E-state index in [1.165, 1.54) is 0 Å². The molecule has 38 heavy (non-hydrogen) atoms. The van der Waals surface area contributed by atoms with Crippen molar-refractivity contribution in [3.63, 3.8) is 0 Å². The number of carbonyl (C=O) groups is 2. The van der Waals surface area contributed by atoms with Crippen LogP contribution in [0.15, 0.2) is 24.3 Å². The first-order valence-corrected chi connectivity index (χ1v) is 13.0. The van der Waals surface area contributed by atoms with Crippen LogP contribution in [-0.4, -0.2) is 47.6 Å². The predicted molar refractivity (Wildman–Crippen MR) is 148 cm³/mol. The van der Waals surface area contributed by atoms with Crippen LogP contribution in [-0.2, 0) is 10.2 Å². The Kier molecular flexibility index (Phi) is 7.05. The van der Waals surface area contributed by atoms with Gasteiger partial charge >= 0.3 is 6.09 Å². The molecule has 1 N–H and O–H groups in total. The number of ether oxygens (including phenoxy) is 2. The van der Waals surface area contributed by atoms with Crippen LogP contribution in [0.1, 0.15) is 92.0 Å². The summed E-state index contributed by atoms with van der Waals surface area (Å²) in [6.07, 6.45) is 6.02. The van der Waals surface area contributed by atoms with Gasteiger partial charge in [0.2, 0.25) is 0 Å². The van der Waals surface area contributed by atoms with Gasteiger partial charge in [0.1, 0.15) is 11.4 Å². The number of amides is 1. The second-order valence-electron chi connectivity index (χ2n) is 11.6. The first kappa shape index (κ1) is 27.3. The zero-order valence-electron chi connectivity index (χ0n) is 23.6. The largest absolute Gasteiger partial charge is 0.496 e. The van der Waals surface area contributed by atoms with Crippen LogP contribution < -0.4 is 4.74 Å². The molecule has 1 atom stereocenters. The van der Waals surface area contributed by atoms with E-state index in [9.17, 15) is 14.9 Å². The molecular formula is C31H37N3O4. The van der Waals surface area contributed by atoms with Crippen LogP contribution >= 0.6 is 0 Å². The standard InChI is InChI=1S/C31H37N3O4/c1-18(17-32)9-10-21-19(2)33-28-26(21)27(35)23-15-22(25(37-8)16-24(23)31(28,6)7)20-11-13-34(14-12-20)29(36)38-30(3,4)5/h9-11,15-16,18,33H,12-14H2,1-8H3/b10-9-. The number of aromatic amines is 1. The van der Waals surface area contributed by atoms with E-state index in [2.05, 4.69) is 24.9 Å². The summed E-state index contributed by atoms with van der Waals surface area (Å²) in [6.45, 7) is 14.5. The molecule has 0 spiro atoms. The molecule has 7 nitrogen and oxygen atoms in total. The fraction of sp³-hybridized carbons (Fsp3) is 0.452. The molecular weight excluding hydrogens is 478 g/mol. The second kappa shape index (κ2) is 9.83. The van der Waals surface area contributed by atoms with Gasteiger partial charge in [-0.15, -0.1) is 0 Å². The third-order valence-corrected chi connectivity index (χ3v) is 7.31. The number of benzene rings is 1. The number of aryl methyl sites for hydroxylation is 1. The summed E-state index contributed by atoms with van der Waals surface area (Å²) in [5.41, 5.74) is 5.70. The maximum Gasteiger partial charge on any atom is 0.410 e. The number of nitrogens with one attached hydrogen (secondary N) is 1. The number of H-pyrrole nitrogens is 1. The lowest BCUT2D eigenvalue weighted by molar-refractivity contribution is 0.0270. The topological polar surface area (TPSA) is 95.4 Å². The van der Waals surface area contributed by atoms with E-state index < -0.39 is 11.0 Å². The summed E-state index contributed by atoms with van der Waals surface area (Å²) in [7, 11) is 1.64. The van der Waals surface area contributed by atoms with Crippen molar-refractivity contribution >= 4 is 23.5 Å². The van der Waals surface area contributed by atoms with Gasteiger partial charge in [-0.3, -0.25) is 4.79 Å². The molecule has 1 unspecified atom stereocenters. The third-order valence-electron chi connectivity index (χ3n) is 7.31. The van der Waals surface area contributed by atoms with Crippen molar-refractivity contribution in [3.05, 3.63) is 63.5 Å². The van der Waals surface area contributed by atoms with Gasteiger partial charge in [0.25, 0.3) is 0 Å². The quantitative estimate of drug-likeness (QED) is 0.508. The molecule has 2 aliphatic rings. The number of rotatable bonds is 4. The van der Waals surface area contributed by atoms with Crippen LogP contribution in [0.2, 0.25) is 0 Å². The number of ketones is 1. The summed E-state index contributed by atoms with van der Waals surface area (Å²) < 4.78 is 11.3. The van der Waals surface area contributed by atoms with Crippen molar-refractivity contribution in [1.29, 1.82) is 5.26 Å². The molecule has 200 valence electrons. The number of carbonyl (C=O) groups excluding carboxylic acids is 2. The van der Waals surface area contributed by atoms with Gasteiger partial charge in [0, 0.05) is 46.6 Å². The van der Waals surface area contributed by atoms with Gasteiger partial charge in [0.05, 0.1) is 24.7 Å². The van der Waals surface area contributed by atoms with E-state index in [0.29, 0.717) is 36.4 Å². The average Bonchev–Trinajstić information content (AvgIpc) is 3.21. The van der Waals surface area contributed by atoms with Crippen LogP contribution in [0, 0.1) is 24.2 Å². The second-order valence-corrected chi connectivity index (χ2v) is 11.6. The third kappa shape index (κ3) is 4.88. The summed E-state index contributed by atoms with van der Waals surface area (Å²) in [5.74, 6) is 0.406. The Hall–Kier alpha value is -3.79. The number of nitriles is 1. The summed E-state index contributed by atoms with van der Waals surface area (Å²) >= 11 is 0. The highest BCUT2D eigenvalue weighted by molar-refractivity contribution is 6.15. The Balaban J connectivity index is 1.75. The maximum absolute atomic E-state index is 14.0. The summed E-state index contributed by atoms with van der Waals surface area (Å²) in [5, 5.41) is 9.21. The Morgan fingerprint density at radius 2 is 1.97 bits per heavy atom. The number of hydrogen-bond donors (Lipinski definition) is 1. The molecule has 0 fully saturated rings. The summed E-state index contributed by atoms with van der Waals surface area (Å²) in [6, 6.07) is 6.14. The Morgan fingerprint density at radius 3 is 2.55 bits per heavy atom. The number of hydrogen-bond acceptors (Lipinski definition) is 5. The number of nitrogens with zero attached hydrogens (tertiary/aromatic N) is 2. The summed E-state index contributed by atoms with van der Waals surface area (Å²) in [4.78, 5) is 31.7. The normalized spacial score (nSPS) is 17.4. The maximum atomic E-state index is 14.0. The molecule has 1 aromatic carbocycles. The van der Waals surface area contributed by atoms with E-state index in [1.54, 1.807) is 12.0 Å². The molecule has 2 aromatic rings. The molecule has 7 heteroatoms. The minimum Gasteiger partial charge on any atom is -0.496 e. The fourth-order valence-electron chi connectivity index (χ4n) is 5.22. The van der Waals surface area contributed by atoms with Crippen LogP contribution in [0.25, 0.3) is 11.6 Å². The van der Waals surface area contributed by atoms with E-state index >= 15 is 0 Å². The minimum absolute atomic E-state index is 0.0429. The first-order chi connectivity index (χ1) is 17.8. The molecule has 2 heterocycles. The molecule has 1 aromatic heterocycles. The Bertz CT molecular complexity index is 1400. The van der Waals surface area contributed by atoms with Crippen molar-refractivity contribution in [2.45, 2.75) is 65.9 Å². The van der Waals surface area contributed by atoms with E-state index in [0.717, 1.165) is 33.7 Å². The van der Waals surface area contributed by atoms with Gasteiger partial charge in [-0.05, 0) is 64.3 Å². The van der Waals surface area contributed by atoms with Gasteiger partial charge in [-0.1, -0.05) is 32.1 Å². The lowest BCUT2D eigenvalue weighted by atomic mass is 9.70. The van der Waals surface area contributed by atoms with Crippen molar-refractivity contribution in [2.24, 2.45) is 5.92 Å². The number of methoxy groups -OCH3 is 1. The minimum atomic E-state index is -0.550. The number of aromatic nitrogens is 1. The van der Waals surface area contributed by atoms with Crippen molar-refractivity contribution in [1.82, 2.24) is 9.88 Å². The van der Waals surface area contributed by atoms with Crippen LogP contribution in [0.5, 0.6) is 5.75 Å². The van der Waals surface area contributed by atoms with Crippen molar-refractivity contribution in [2.75, 3.05) is 20.2 Å². The number of fused-ring (bicyclic) bond motifs is 2. The van der Waals surface area contributed by atoms with Crippen LogP contribution in [0.3, 0.4) is 0 Å². The highest BCUT2D eigenvalue weighted by Crippen LogP contribution is 2.46. The SMILES string of the molecule is COc1cc2c(cc1C1=CCN(C(=O)OC(C)(C)C)CC1)C(=O)c1c([nH]c(C)c1/C=C\C(C)C#N)C2(C)C. The van der Waals surface area contributed by atoms with Crippen molar-refractivity contribution in [3.8, 4) is 11.8 Å². The Labute approximate surface area is 225 Å². The molecule has 1 aliphatic carbocycles. The highest BCUT2D eigenvalue weighted by atomic mass is 16.6. The van der Waals surface area contributed by atoms with Gasteiger partial charge in [0.15, 0.2) is 5.78 Å². The lowest BCUT2D eigenvalue weighted by Crippen LogP contribution is -2.39. The van der Waals surface area contributed by atoms with E-state index in [-0.39, 0.29) is 17.8 Å². The van der Waals surface area contributed by atoms with E-state index in [1.807, 2.05) is 65.0 Å². The first-order valence-electron chi connectivity index (χ1n) is 13.0. The Morgan fingerprint density at radius 1 is 1.26 bits per heavy atom. The zero-order chi connectivity index (χ0) is 28.0. The predicted octanol–water partition coefficient (Wildman–Crippen LogP) is 6.40. The zero-order valence-corrected chi connectivity index (χ0v) is 23.6. The average molecular weight is 516 g/mol.